The number of likely N-dealkylation sites (N-methyl/N-ethyl adjacent to an activating group) is 1. The first kappa shape index (κ1) is 20.4. The van der Waals surface area contributed by atoms with Gasteiger partial charge in [0.25, 0.3) is 5.56 Å². The Labute approximate surface area is 183 Å². The van der Waals surface area contributed by atoms with E-state index in [2.05, 4.69) is 32.8 Å². The average molecular weight is 422 g/mol. The molecule has 1 amide bonds. The highest BCUT2D eigenvalue weighted by Gasteiger charge is 2.37. The van der Waals surface area contributed by atoms with Crippen LogP contribution in [-0.4, -0.2) is 83.0 Å². The van der Waals surface area contributed by atoms with Gasteiger partial charge in [-0.05, 0) is 56.6 Å². The van der Waals surface area contributed by atoms with Gasteiger partial charge >= 0.3 is 0 Å². The van der Waals surface area contributed by atoms with E-state index in [0.717, 1.165) is 62.4 Å². The van der Waals surface area contributed by atoms with Crippen LogP contribution in [0, 0.1) is 5.92 Å². The van der Waals surface area contributed by atoms with Gasteiger partial charge in [0, 0.05) is 68.4 Å². The number of fused-ring (bicyclic) bond motifs is 4. The van der Waals surface area contributed by atoms with Crippen molar-refractivity contribution in [3.8, 4) is 11.1 Å². The van der Waals surface area contributed by atoms with Crippen LogP contribution in [0.4, 0.5) is 0 Å². The highest BCUT2D eigenvalue weighted by Crippen LogP contribution is 2.36. The van der Waals surface area contributed by atoms with Gasteiger partial charge in [-0.3, -0.25) is 19.5 Å². The molecule has 3 aliphatic heterocycles. The van der Waals surface area contributed by atoms with Crippen molar-refractivity contribution in [1.29, 1.82) is 0 Å². The van der Waals surface area contributed by atoms with E-state index in [1.807, 2.05) is 16.7 Å². The Hall–Kier alpha value is -2.51. The van der Waals surface area contributed by atoms with Gasteiger partial charge in [-0.15, -0.1) is 0 Å². The summed E-state index contributed by atoms with van der Waals surface area (Å²) < 4.78 is 1.94. The first-order valence-electron chi connectivity index (χ1n) is 11.4. The van der Waals surface area contributed by atoms with Crippen LogP contribution >= 0.6 is 0 Å². The average Bonchev–Trinajstić information content (AvgIpc) is 2.98. The molecule has 164 valence electrons. The van der Waals surface area contributed by atoms with Gasteiger partial charge < -0.3 is 14.4 Å². The molecule has 0 spiro atoms. The SMILES string of the molecule is CN1CCCN(CC(=O)N2C[C@@H]3C[C@H](C2)c2cc(-c4cccnc4)cc(=O)n2C3)CC1. The zero-order valence-corrected chi connectivity index (χ0v) is 18.2. The first-order chi connectivity index (χ1) is 15.1. The number of carbonyl (C=O) groups is 1. The van der Waals surface area contributed by atoms with Crippen molar-refractivity contribution in [2.75, 3.05) is 52.9 Å². The van der Waals surface area contributed by atoms with Crippen molar-refractivity contribution in [2.45, 2.75) is 25.3 Å². The smallest absolute Gasteiger partial charge is 0.251 e. The predicted octanol–water partition coefficient (Wildman–Crippen LogP) is 1.49. The summed E-state index contributed by atoms with van der Waals surface area (Å²) in [4.78, 5) is 36.9. The van der Waals surface area contributed by atoms with E-state index in [-0.39, 0.29) is 17.4 Å². The number of hydrogen-bond donors (Lipinski definition) is 0. The van der Waals surface area contributed by atoms with E-state index in [1.165, 1.54) is 0 Å². The largest absolute Gasteiger partial charge is 0.341 e. The van der Waals surface area contributed by atoms with Crippen LogP contribution in [0.3, 0.4) is 0 Å². The second kappa shape index (κ2) is 8.55. The summed E-state index contributed by atoms with van der Waals surface area (Å²) in [6, 6.07) is 7.74. The molecule has 0 saturated carbocycles. The number of piperidine rings is 1. The summed E-state index contributed by atoms with van der Waals surface area (Å²) in [6.07, 6.45) is 5.70. The van der Waals surface area contributed by atoms with Crippen LogP contribution in [0.1, 0.15) is 24.5 Å². The second-order valence-corrected chi connectivity index (χ2v) is 9.39. The Balaban J connectivity index is 1.34. The lowest BCUT2D eigenvalue weighted by Crippen LogP contribution is -2.51. The van der Waals surface area contributed by atoms with E-state index in [0.29, 0.717) is 25.6 Å². The van der Waals surface area contributed by atoms with Gasteiger partial charge in [-0.1, -0.05) is 6.07 Å². The van der Waals surface area contributed by atoms with Gasteiger partial charge in [-0.25, -0.2) is 0 Å². The van der Waals surface area contributed by atoms with Crippen LogP contribution in [0.25, 0.3) is 11.1 Å². The molecule has 3 aliphatic rings. The van der Waals surface area contributed by atoms with Gasteiger partial charge in [0.15, 0.2) is 0 Å². The second-order valence-electron chi connectivity index (χ2n) is 9.39. The molecule has 2 fully saturated rings. The molecule has 7 heteroatoms. The summed E-state index contributed by atoms with van der Waals surface area (Å²) in [7, 11) is 2.15. The Kier molecular flexibility index (Phi) is 5.63. The molecule has 0 aliphatic carbocycles. The van der Waals surface area contributed by atoms with Crippen molar-refractivity contribution in [1.82, 2.24) is 24.3 Å². The molecule has 0 radical (unpaired) electrons. The zero-order valence-electron chi connectivity index (χ0n) is 18.2. The van der Waals surface area contributed by atoms with Gasteiger partial charge in [-0.2, -0.15) is 0 Å². The van der Waals surface area contributed by atoms with Crippen LogP contribution in [0.15, 0.2) is 41.5 Å². The standard InChI is InChI=1S/C24H31N5O2/c1-26-6-3-7-27(9-8-26)17-24(31)28-14-18-10-21(16-28)22-11-20(12-23(30)29(22)15-18)19-4-2-5-25-13-19/h2,4-5,11-13,18,21H,3,6-10,14-17H2,1H3/t18-,21+/m0/s1. The number of aromatic nitrogens is 2. The summed E-state index contributed by atoms with van der Waals surface area (Å²) in [5, 5.41) is 0. The molecule has 2 aromatic heterocycles. The van der Waals surface area contributed by atoms with Crippen molar-refractivity contribution in [3.05, 3.63) is 52.7 Å². The fourth-order valence-electron chi connectivity index (χ4n) is 5.41. The van der Waals surface area contributed by atoms with Crippen molar-refractivity contribution >= 4 is 5.91 Å². The number of pyridine rings is 2. The minimum Gasteiger partial charge on any atom is -0.341 e. The number of rotatable bonds is 3. The van der Waals surface area contributed by atoms with E-state index in [4.69, 9.17) is 0 Å². The maximum atomic E-state index is 13.2. The van der Waals surface area contributed by atoms with Gasteiger partial charge in [0.2, 0.25) is 5.91 Å². The number of hydrogen-bond acceptors (Lipinski definition) is 5. The molecular weight excluding hydrogens is 390 g/mol. The summed E-state index contributed by atoms with van der Waals surface area (Å²) in [6.45, 7) is 6.75. The zero-order chi connectivity index (χ0) is 21.4. The van der Waals surface area contributed by atoms with E-state index < -0.39 is 0 Å². The van der Waals surface area contributed by atoms with Crippen molar-refractivity contribution in [3.63, 3.8) is 0 Å². The molecule has 7 nitrogen and oxygen atoms in total. The lowest BCUT2D eigenvalue weighted by Gasteiger charge is -2.43. The van der Waals surface area contributed by atoms with Gasteiger partial charge in [0.1, 0.15) is 0 Å². The van der Waals surface area contributed by atoms with Crippen LogP contribution in [0.5, 0.6) is 0 Å². The summed E-state index contributed by atoms with van der Waals surface area (Å²) in [5.41, 5.74) is 3.00. The molecule has 2 bridgehead atoms. The maximum absolute atomic E-state index is 13.2. The minimum absolute atomic E-state index is 0.0551. The molecule has 2 saturated heterocycles. The Morgan fingerprint density at radius 2 is 2.00 bits per heavy atom. The van der Waals surface area contributed by atoms with E-state index >= 15 is 0 Å². The summed E-state index contributed by atoms with van der Waals surface area (Å²) in [5.74, 6) is 0.807. The normalized spacial score (nSPS) is 24.5. The Morgan fingerprint density at radius 3 is 2.84 bits per heavy atom. The van der Waals surface area contributed by atoms with E-state index in [1.54, 1.807) is 18.5 Å². The number of carbonyl (C=O) groups excluding carboxylic acids is 1. The van der Waals surface area contributed by atoms with Crippen molar-refractivity contribution in [2.24, 2.45) is 5.92 Å². The molecule has 0 unspecified atom stereocenters. The molecular formula is C24H31N5O2. The third-order valence-electron chi connectivity index (χ3n) is 7.07. The topological polar surface area (TPSA) is 61.7 Å². The van der Waals surface area contributed by atoms with E-state index in [9.17, 15) is 9.59 Å². The lowest BCUT2D eigenvalue weighted by molar-refractivity contribution is -0.135. The monoisotopic (exact) mass is 421 g/mol. The molecule has 5 rings (SSSR count). The molecule has 5 heterocycles. The van der Waals surface area contributed by atoms with Crippen LogP contribution in [0.2, 0.25) is 0 Å². The highest BCUT2D eigenvalue weighted by molar-refractivity contribution is 5.78. The third kappa shape index (κ3) is 4.29. The Morgan fingerprint density at radius 1 is 1.10 bits per heavy atom. The molecule has 0 aromatic carbocycles. The molecule has 0 N–H and O–H groups in total. The van der Waals surface area contributed by atoms with Crippen LogP contribution < -0.4 is 5.56 Å². The fourth-order valence-corrected chi connectivity index (χ4v) is 5.41. The Bertz CT molecular complexity index is 1000. The minimum atomic E-state index is 0.0551. The van der Waals surface area contributed by atoms with Gasteiger partial charge in [0.05, 0.1) is 6.54 Å². The molecule has 2 aromatic rings. The quantitative estimate of drug-likeness (QED) is 0.752. The van der Waals surface area contributed by atoms with Crippen LogP contribution in [-0.2, 0) is 11.3 Å². The highest BCUT2D eigenvalue weighted by atomic mass is 16.2. The lowest BCUT2D eigenvalue weighted by atomic mass is 9.82. The molecule has 31 heavy (non-hydrogen) atoms. The number of nitrogens with zero attached hydrogens (tertiary/aromatic N) is 5. The predicted molar refractivity (Wildman–Crippen MR) is 120 cm³/mol. The maximum Gasteiger partial charge on any atom is 0.251 e. The number of likely N-dealkylation sites (tertiary alicyclic amines) is 1. The first-order valence-corrected chi connectivity index (χ1v) is 11.4. The number of amides is 1. The van der Waals surface area contributed by atoms with Crippen molar-refractivity contribution < 1.29 is 4.79 Å². The fraction of sp³-hybridized carbons (Fsp3) is 0.542. The third-order valence-corrected chi connectivity index (χ3v) is 7.07. The summed E-state index contributed by atoms with van der Waals surface area (Å²) >= 11 is 0. The molecule has 2 atom stereocenters.